The van der Waals surface area contributed by atoms with Gasteiger partial charge in [-0.15, -0.1) is 0 Å². The minimum Gasteiger partial charge on any atom is -0.301 e. The van der Waals surface area contributed by atoms with E-state index in [2.05, 4.69) is 9.97 Å². The van der Waals surface area contributed by atoms with Gasteiger partial charge in [0.2, 0.25) is 0 Å². The molecular weight excluding hydrogens is 248 g/mol. The lowest BCUT2D eigenvalue weighted by Crippen LogP contribution is -2.07. The predicted molar refractivity (Wildman–Crippen MR) is 70.2 cm³/mol. The standard InChI is InChI=1S/C13H12N2O2S/c1-8-7-12(17)15-13(14-8)18-11-5-3-10(4-6-11)9(2)16/h3-7H,1-2H3,(H,14,15,17). The lowest BCUT2D eigenvalue weighted by atomic mass is 10.2. The number of Topliss-reactive ketones (excluding diaryl/α,β-unsaturated/α-hetero) is 1. The highest BCUT2D eigenvalue weighted by atomic mass is 32.2. The average molecular weight is 260 g/mol. The Morgan fingerprint density at radius 3 is 2.50 bits per heavy atom. The molecular formula is C13H12N2O2S. The molecule has 0 aliphatic heterocycles. The summed E-state index contributed by atoms with van der Waals surface area (Å²) in [7, 11) is 0. The van der Waals surface area contributed by atoms with E-state index in [1.807, 2.05) is 12.1 Å². The van der Waals surface area contributed by atoms with E-state index in [0.29, 0.717) is 16.4 Å². The van der Waals surface area contributed by atoms with Gasteiger partial charge >= 0.3 is 0 Å². The molecule has 92 valence electrons. The number of nitrogens with zero attached hydrogens (tertiary/aromatic N) is 1. The van der Waals surface area contributed by atoms with Crippen molar-refractivity contribution in [3.05, 3.63) is 51.9 Å². The number of H-pyrrole nitrogens is 1. The van der Waals surface area contributed by atoms with Crippen LogP contribution in [0.25, 0.3) is 0 Å². The molecule has 0 radical (unpaired) electrons. The topological polar surface area (TPSA) is 62.8 Å². The molecule has 0 amide bonds. The third-order valence-corrected chi connectivity index (χ3v) is 3.22. The minimum atomic E-state index is -0.162. The molecule has 0 unspecified atom stereocenters. The third kappa shape index (κ3) is 3.07. The van der Waals surface area contributed by atoms with Gasteiger partial charge in [0.05, 0.1) is 0 Å². The normalized spacial score (nSPS) is 10.3. The molecule has 1 N–H and O–H groups in total. The summed E-state index contributed by atoms with van der Waals surface area (Å²) in [6.07, 6.45) is 0. The number of rotatable bonds is 3. The van der Waals surface area contributed by atoms with Crippen LogP contribution in [0, 0.1) is 6.92 Å². The van der Waals surface area contributed by atoms with E-state index < -0.39 is 0 Å². The van der Waals surface area contributed by atoms with Crippen molar-refractivity contribution < 1.29 is 4.79 Å². The monoisotopic (exact) mass is 260 g/mol. The number of carbonyl (C=O) groups is 1. The molecule has 0 spiro atoms. The molecule has 18 heavy (non-hydrogen) atoms. The summed E-state index contributed by atoms with van der Waals surface area (Å²) in [5.74, 6) is 0.0358. The van der Waals surface area contributed by atoms with E-state index in [1.54, 1.807) is 19.1 Å². The van der Waals surface area contributed by atoms with E-state index in [-0.39, 0.29) is 11.3 Å². The minimum absolute atomic E-state index is 0.0358. The summed E-state index contributed by atoms with van der Waals surface area (Å²) < 4.78 is 0. The first kappa shape index (κ1) is 12.6. The fourth-order valence-electron chi connectivity index (χ4n) is 1.47. The SMILES string of the molecule is CC(=O)c1ccc(Sc2nc(C)cc(=O)[nH]2)cc1. The van der Waals surface area contributed by atoms with E-state index in [4.69, 9.17) is 0 Å². The zero-order valence-corrected chi connectivity index (χ0v) is 10.9. The molecule has 0 bridgehead atoms. The molecule has 0 saturated carbocycles. The fraction of sp³-hybridized carbons (Fsp3) is 0.154. The highest BCUT2D eigenvalue weighted by Gasteiger charge is 2.03. The van der Waals surface area contributed by atoms with Crippen molar-refractivity contribution >= 4 is 17.5 Å². The van der Waals surface area contributed by atoms with Gasteiger partial charge in [0, 0.05) is 22.2 Å². The van der Waals surface area contributed by atoms with Crippen LogP contribution in [0.4, 0.5) is 0 Å². The second-order valence-electron chi connectivity index (χ2n) is 3.87. The Morgan fingerprint density at radius 2 is 1.94 bits per heavy atom. The summed E-state index contributed by atoms with van der Waals surface area (Å²) >= 11 is 1.36. The van der Waals surface area contributed by atoms with Crippen LogP contribution in [0.2, 0.25) is 0 Å². The van der Waals surface area contributed by atoms with E-state index in [9.17, 15) is 9.59 Å². The molecule has 1 aromatic heterocycles. The van der Waals surface area contributed by atoms with Crippen molar-refractivity contribution in [2.45, 2.75) is 23.9 Å². The molecule has 0 aliphatic carbocycles. The molecule has 1 aromatic carbocycles. The number of hydrogen-bond acceptors (Lipinski definition) is 4. The summed E-state index contributed by atoms with van der Waals surface area (Å²) in [4.78, 5) is 30.2. The molecule has 4 nitrogen and oxygen atoms in total. The largest absolute Gasteiger partial charge is 0.301 e. The van der Waals surface area contributed by atoms with Gasteiger partial charge in [-0.1, -0.05) is 23.9 Å². The Bertz CT molecular complexity index is 632. The van der Waals surface area contributed by atoms with Crippen molar-refractivity contribution in [1.29, 1.82) is 0 Å². The molecule has 5 heteroatoms. The average Bonchev–Trinajstić information content (AvgIpc) is 2.28. The Morgan fingerprint density at radius 1 is 1.28 bits per heavy atom. The lowest BCUT2D eigenvalue weighted by molar-refractivity contribution is 0.101. The summed E-state index contributed by atoms with van der Waals surface area (Å²) in [6, 6.07) is 8.65. The molecule has 1 heterocycles. The van der Waals surface area contributed by atoms with E-state index in [1.165, 1.54) is 24.8 Å². The number of aromatic amines is 1. The first-order valence-corrected chi connectivity index (χ1v) is 6.23. The van der Waals surface area contributed by atoms with Gasteiger partial charge in [-0.05, 0) is 26.0 Å². The highest BCUT2D eigenvalue weighted by Crippen LogP contribution is 2.24. The lowest BCUT2D eigenvalue weighted by Gasteiger charge is -2.02. The zero-order valence-electron chi connectivity index (χ0n) is 10.1. The van der Waals surface area contributed by atoms with Gasteiger partial charge in [-0.25, -0.2) is 4.98 Å². The van der Waals surface area contributed by atoms with Crippen molar-refractivity contribution in [3.8, 4) is 0 Å². The summed E-state index contributed by atoms with van der Waals surface area (Å²) in [5, 5.41) is 0.551. The number of hydrogen-bond donors (Lipinski definition) is 1. The Hall–Kier alpha value is -1.88. The number of benzene rings is 1. The van der Waals surface area contributed by atoms with Gasteiger partial charge in [-0.3, -0.25) is 9.59 Å². The molecule has 0 atom stereocenters. The van der Waals surface area contributed by atoms with Crippen LogP contribution in [-0.4, -0.2) is 15.8 Å². The molecule has 0 aliphatic rings. The van der Waals surface area contributed by atoms with Crippen molar-refractivity contribution in [3.63, 3.8) is 0 Å². The third-order valence-electron chi connectivity index (χ3n) is 2.32. The molecule has 0 saturated heterocycles. The second-order valence-corrected chi connectivity index (χ2v) is 4.94. The number of nitrogens with one attached hydrogen (secondary N) is 1. The van der Waals surface area contributed by atoms with Crippen LogP contribution in [0.15, 0.2) is 45.2 Å². The zero-order chi connectivity index (χ0) is 13.1. The Kier molecular flexibility index (Phi) is 3.62. The van der Waals surface area contributed by atoms with Crippen LogP contribution in [0.5, 0.6) is 0 Å². The van der Waals surface area contributed by atoms with Crippen LogP contribution < -0.4 is 5.56 Å². The van der Waals surface area contributed by atoms with Crippen molar-refractivity contribution in [2.75, 3.05) is 0 Å². The molecule has 2 aromatic rings. The maximum absolute atomic E-state index is 11.3. The van der Waals surface area contributed by atoms with Crippen LogP contribution >= 0.6 is 11.8 Å². The van der Waals surface area contributed by atoms with Crippen molar-refractivity contribution in [1.82, 2.24) is 9.97 Å². The second kappa shape index (κ2) is 5.18. The first-order valence-electron chi connectivity index (χ1n) is 5.41. The maximum atomic E-state index is 11.3. The van der Waals surface area contributed by atoms with Crippen LogP contribution in [-0.2, 0) is 0 Å². The Balaban J connectivity index is 2.23. The van der Waals surface area contributed by atoms with E-state index in [0.717, 1.165) is 4.90 Å². The van der Waals surface area contributed by atoms with Gasteiger partial charge in [-0.2, -0.15) is 0 Å². The van der Waals surface area contributed by atoms with Gasteiger partial charge in [0.1, 0.15) is 0 Å². The highest BCUT2D eigenvalue weighted by molar-refractivity contribution is 7.99. The summed E-state index contributed by atoms with van der Waals surface area (Å²) in [6.45, 7) is 3.31. The smallest absolute Gasteiger partial charge is 0.251 e. The predicted octanol–water partition coefficient (Wildman–Crippen LogP) is 2.43. The Labute approximate surface area is 108 Å². The van der Waals surface area contributed by atoms with Crippen molar-refractivity contribution in [2.24, 2.45) is 0 Å². The van der Waals surface area contributed by atoms with Crippen LogP contribution in [0.1, 0.15) is 23.0 Å². The number of aromatic nitrogens is 2. The molecule has 2 rings (SSSR count). The molecule has 0 fully saturated rings. The van der Waals surface area contributed by atoms with Gasteiger partial charge in [0.25, 0.3) is 5.56 Å². The number of carbonyl (C=O) groups excluding carboxylic acids is 1. The first-order chi connectivity index (χ1) is 8.54. The number of aryl methyl sites for hydroxylation is 1. The fourth-order valence-corrected chi connectivity index (χ4v) is 2.31. The van der Waals surface area contributed by atoms with E-state index >= 15 is 0 Å². The van der Waals surface area contributed by atoms with Gasteiger partial charge < -0.3 is 4.98 Å². The summed E-state index contributed by atoms with van der Waals surface area (Å²) in [5.41, 5.74) is 1.19. The quantitative estimate of drug-likeness (QED) is 0.680. The maximum Gasteiger partial charge on any atom is 0.251 e. The number of ketones is 1. The van der Waals surface area contributed by atoms with Crippen LogP contribution in [0.3, 0.4) is 0 Å². The van der Waals surface area contributed by atoms with Gasteiger partial charge in [0.15, 0.2) is 10.9 Å².